The molecule has 2 rings (SSSR count). The Balaban J connectivity index is 1.80. The molecule has 9 heteroatoms. The van der Waals surface area contributed by atoms with Crippen molar-refractivity contribution in [1.29, 1.82) is 0 Å². The molecule has 1 N–H and O–H groups in total. The van der Waals surface area contributed by atoms with E-state index in [0.29, 0.717) is 17.3 Å². The molecule has 5 nitrogen and oxygen atoms in total. The van der Waals surface area contributed by atoms with E-state index in [0.717, 1.165) is 28.5 Å². The lowest BCUT2D eigenvalue weighted by atomic mass is 10.1. The highest BCUT2D eigenvalue weighted by Crippen LogP contribution is 2.28. The molecule has 2 aromatic rings. The van der Waals surface area contributed by atoms with E-state index < -0.39 is 10.0 Å². The Hall–Kier alpha value is -1.41. The number of aryl methyl sites for hydroxylation is 1. The van der Waals surface area contributed by atoms with Gasteiger partial charge < -0.3 is 5.32 Å². The Bertz CT molecular complexity index is 952. The smallest absolute Gasteiger partial charge is 0.240 e. The summed E-state index contributed by atoms with van der Waals surface area (Å²) in [6.45, 7) is 2.27. The maximum atomic E-state index is 12.2. The summed E-state index contributed by atoms with van der Waals surface area (Å²) in [7, 11) is -3.65. The fourth-order valence-corrected chi connectivity index (χ4v) is 4.76. The molecule has 0 unspecified atom stereocenters. The van der Waals surface area contributed by atoms with Gasteiger partial charge in [0.15, 0.2) is 0 Å². The number of hydrogen-bond donors (Lipinski definition) is 1. The number of hydrogen-bond acceptors (Lipinski definition) is 4. The summed E-state index contributed by atoms with van der Waals surface area (Å²) in [5, 5.41) is 3.32. The number of nitrogens with zero attached hydrogens (tertiary/aromatic N) is 1. The van der Waals surface area contributed by atoms with E-state index in [4.69, 9.17) is 23.2 Å². The first-order chi connectivity index (χ1) is 13.7. The van der Waals surface area contributed by atoms with E-state index in [9.17, 15) is 13.2 Å². The Morgan fingerprint density at radius 3 is 2.52 bits per heavy atom. The molecule has 1 amide bonds. The molecule has 0 fully saturated rings. The SMILES string of the molecule is Cc1ccccc1CSCCCNC(=O)CN(c1ccc(Cl)c(Cl)c1)S(C)(=O)=O. The van der Waals surface area contributed by atoms with Crippen molar-refractivity contribution in [3.8, 4) is 0 Å². The molecule has 0 aliphatic carbocycles. The molecule has 0 radical (unpaired) electrons. The van der Waals surface area contributed by atoms with Crippen molar-refractivity contribution in [2.75, 3.05) is 29.4 Å². The van der Waals surface area contributed by atoms with Gasteiger partial charge in [0.25, 0.3) is 0 Å². The summed E-state index contributed by atoms with van der Waals surface area (Å²) in [4.78, 5) is 12.2. The maximum absolute atomic E-state index is 12.2. The van der Waals surface area contributed by atoms with Crippen molar-refractivity contribution in [2.45, 2.75) is 19.1 Å². The van der Waals surface area contributed by atoms with Gasteiger partial charge in [-0.25, -0.2) is 8.42 Å². The van der Waals surface area contributed by atoms with Crippen molar-refractivity contribution in [3.05, 3.63) is 63.6 Å². The van der Waals surface area contributed by atoms with E-state index in [-0.39, 0.29) is 17.5 Å². The maximum Gasteiger partial charge on any atom is 0.240 e. The number of benzene rings is 2. The van der Waals surface area contributed by atoms with E-state index in [2.05, 4.69) is 24.4 Å². The van der Waals surface area contributed by atoms with Crippen LogP contribution in [0.4, 0.5) is 5.69 Å². The summed E-state index contributed by atoms with van der Waals surface area (Å²) < 4.78 is 25.2. The number of amides is 1. The molecule has 158 valence electrons. The van der Waals surface area contributed by atoms with E-state index in [1.54, 1.807) is 11.8 Å². The van der Waals surface area contributed by atoms with Crippen molar-refractivity contribution < 1.29 is 13.2 Å². The standard InChI is InChI=1S/C20H24Cl2N2O3S2/c1-15-6-3-4-7-16(15)14-28-11-5-10-23-20(25)13-24(29(2,26)27)17-8-9-18(21)19(22)12-17/h3-4,6-9,12H,5,10-11,13-14H2,1-2H3,(H,23,25). The molecule has 2 aromatic carbocycles. The fourth-order valence-electron chi connectivity index (χ4n) is 2.58. The van der Waals surface area contributed by atoms with Gasteiger partial charge in [0.05, 0.1) is 22.0 Å². The van der Waals surface area contributed by atoms with Crippen LogP contribution in [0.5, 0.6) is 0 Å². The van der Waals surface area contributed by atoms with Gasteiger partial charge in [-0.15, -0.1) is 0 Å². The zero-order valence-electron chi connectivity index (χ0n) is 16.3. The van der Waals surface area contributed by atoms with Crippen LogP contribution >= 0.6 is 35.0 Å². The number of nitrogens with one attached hydrogen (secondary N) is 1. The van der Waals surface area contributed by atoms with Crippen LogP contribution in [0.3, 0.4) is 0 Å². The Morgan fingerprint density at radius 1 is 1.14 bits per heavy atom. The molecule has 0 heterocycles. The van der Waals surface area contributed by atoms with Gasteiger partial charge in [-0.2, -0.15) is 11.8 Å². The topological polar surface area (TPSA) is 66.5 Å². The van der Waals surface area contributed by atoms with Crippen molar-refractivity contribution in [2.24, 2.45) is 0 Å². The number of carbonyl (C=O) groups excluding carboxylic acids is 1. The molecular weight excluding hydrogens is 451 g/mol. The van der Waals surface area contributed by atoms with E-state index in [1.807, 2.05) is 12.1 Å². The number of thioether (sulfide) groups is 1. The average molecular weight is 475 g/mol. The third-order valence-corrected chi connectivity index (χ3v) is 7.16. The third kappa shape index (κ3) is 7.74. The number of halogens is 2. The summed E-state index contributed by atoms with van der Waals surface area (Å²) in [6, 6.07) is 12.7. The summed E-state index contributed by atoms with van der Waals surface area (Å²) in [5.41, 5.74) is 2.88. The van der Waals surface area contributed by atoms with Crippen molar-refractivity contribution >= 4 is 56.6 Å². The largest absolute Gasteiger partial charge is 0.354 e. The van der Waals surface area contributed by atoms with E-state index in [1.165, 1.54) is 29.3 Å². The minimum absolute atomic E-state index is 0.226. The van der Waals surface area contributed by atoms with Crippen LogP contribution in [0.15, 0.2) is 42.5 Å². The Morgan fingerprint density at radius 2 is 1.86 bits per heavy atom. The van der Waals surface area contributed by atoms with Gasteiger partial charge in [-0.05, 0) is 48.4 Å². The van der Waals surface area contributed by atoms with Crippen LogP contribution in [-0.4, -0.2) is 39.4 Å². The van der Waals surface area contributed by atoms with E-state index >= 15 is 0 Å². The minimum Gasteiger partial charge on any atom is -0.354 e. The molecule has 0 aliphatic heterocycles. The minimum atomic E-state index is -3.65. The zero-order chi connectivity index (χ0) is 21.4. The highest BCUT2D eigenvalue weighted by Gasteiger charge is 2.21. The molecule has 29 heavy (non-hydrogen) atoms. The normalized spacial score (nSPS) is 11.3. The van der Waals surface area contributed by atoms with Gasteiger partial charge >= 0.3 is 0 Å². The predicted octanol–water partition coefficient (Wildman–Crippen LogP) is 4.51. The fraction of sp³-hybridized carbons (Fsp3) is 0.350. The zero-order valence-corrected chi connectivity index (χ0v) is 19.5. The lowest BCUT2D eigenvalue weighted by Gasteiger charge is -2.22. The van der Waals surface area contributed by atoms with Gasteiger partial charge in [0.1, 0.15) is 6.54 Å². The number of sulfonamides is 1. The molecule has 0 bridgehead atoms. The van der Waals surface area contributed by atoms with Crippen molar-refractivity contribution in [3.63, 3.8) is 0 Å². The first-order valence-corrected chi connectivity index (χ1v) is 12.8. The first kappa shape index (κ1) is 23.9. The van der Waals surface area contributed by atoms with Gasteiger partial charge in [-0.1, -0.05) is 47.5 Å². The van der Waals surface area contributed by atoms with Gasteiger partial charge in [0.2, 0.25) is 15.9 Å². The summed E-state index contributed by atoms with van der Waals surface area (Å²) in [6.07, 6.45) is 1.85. The highest BCUT2D eigenvalue weighted by atomic mass is 35.5. The van der Waals surface area contributed by atoms with Crippen LogP contribution in [0, 0.1) is 6.92 Å². The van der Waals surface area contributed by atoms with Crippen LogP contribution in [0.25, 0.3) is 0 Å². The number of carbonyl (C=O) groups is 1. The van der Waals surface area contributed by atoms with Crippen LogP contribution in [0.2, 0.25) is 10.0 Å². The molecule has 0 aliphatic rings. The molecule has 0 spiro atoms. The molecule has 0 saturated carbocycles. The summed E-state index contributed by atoms with van der Waals surface area (Å²) >= 11 is 13.7. The van der Waals surface area contributed by atoms with Gasteiger partial charge in [-0.3, -0.25) is 9.10 Å². The Labute approximate surface area is 186 Å². The second-order valence-corrected chi connectivity index (χ2v) is 10.4. The second kappa shape index (κ2) is 11.1. The lowest BCUT2D eigenvalue weighted by Crippen LogP contribution is -2.40. The van der Waals surface area contributed by atoms with Crippen LogP contribution in [0.1, 0.15) is 17.5 Å². The first-order valence-electron chi connectivity index (χ1n) is 9.00. The quantitative estimate of drug-likeness (QED) is 0.514. The van der Waals surface area contributed by atoms with Crippen LogP contribution < -0.4 is 9.62 Å². The van der Waals surface area contributed by atoms with Gasteiger partial charge in [0, 0.05) is 12.3 Å². The average Bonchev–Trinajstić information content (AvgIpc) is 2.65. The lowest BCUT2D eigenvalue weighted by molar-refractivity contribution is -0.119. The molecule has 0 saturated heterocycles. The molecular formula is C20H24Cl2N2O3S2. The molecule has 0 aromatic heterocycles. The Kier molecular flexibility index (Phi) is 9.14. The second-order valence-electron chi connectivity index (χ2n) is 6.55. The van der Waals surface area contributed by atoms with Crippen LogP contribution in [-0.2, 0) is 20.6 Å². The molecule has 0 atom stereocenters. The number of rotatable bonds is 10. The highest BCUT2D eigenvalue weighted by molar-refractivity contribution is 7.98. The van der Waals surface area contributed by atoms with Crippen molar-refractivity contribution in [1.82, 2.24) is 5.32 Å². The third-order valence-electron chi connectivity index (χ3n) is 4.19. The number of anilines is 1. The monoisotopic (exact) mass is 474 g/mol. The predicted molar refractivity (Wildman–Crippen MR) is 124 cm³/mol. The summed E-state index contributed by atoms with van der Waals surface area (Å²) in [5.74, 6) is 1.46.